The molecule has 0 bridgehead atoms. The zero-order valence-electron chi connectivity index (χ0n) is 13.4. The average Bonchev–Trinajstić information content (AvgIpc) is 3.33. The summed E-state index contributed by atoms with van der Waals surface area (Å²) in [5.74, 6) is 1.04. The van der Waals surface area contributed by atoms with Crippen molar-refractivity contribution in [2.75, 3.05) is 13.1 Å². The number of nitrogens with one attached hydrogen (secondary N) is 1. The first kappa shape index (κ1) is 15.1. The van der Waals surface area contributed by atoms with Gasteiger partial charge in [0.2, 0.25) is 0 Å². The lowest BCUT2D eigenvalue weighted by molar-refractivity contribution is 0.181. The summed E-state index contributed by atoms with van der Waals surface area (Å²) in [4.78, 5) is 2.61. The second-order valence-corrected chi connectivity index (χ2v) is 6.99. The number of hydrogen-bond acceptors (Lipinski definition) is 2. The number of likely N-dealkylation sites (tertiary alicyclic amines) is 1. The van der Waals surface area contributed by atoms with Crippen LogP contribution >= 0.6 is 0 Å². The number of benzene rings is 1. The van der Waals surface area contributed by atoms with E-state index >= 15 is 0 Å². The van der Waals surface area contributed by atoms with E-state index in [1.807, 2.05) is 0 Å². The van der Waals surface area contributed by atoms with E-state index in [4.69, 9.17) is 0 Å². The minimum Gasteiger partial charge on any atom is -0.311 e. The summed E-state index contributed by atoms with van der Waals surface area (Å²) in [6.07, 6.45) is 8.30. The molecule has 1 aliphatic carbocycles. The zero-order chi connectivity index (χ0) is 14.5. The highest BCUT2D eigenvalue weighted by Crippen LogP contribution is 2.34. The van der Waals surface area contributed by atoms with Gasteiger partial charge in [0, 0.05) is 18.6 Å². The molecule has 1 aromatic carbocycles. The minimum absolute atomic E-state index is 0.751. The smallest absolute Gasteiger partial charge is 0.0233 e. The maximum atomic E-state index is 3.93. The summed E-state index contributed by atoms with van der Waals surface area (Å²) in [6, 6.07) is 12.4. The Balaban J connectivity index is 1.40. The molecule has 2 aliphatic rings. The van der Waals surface area contributed by atoms with Crippen molar-refractivity contribution in [3.8, 4) is 0 Å². The third kappa shape index (κ3) is 4.82. The molecule has 1 aliphatic heterocycles. The summed E-state index contributed by atoms with van der Waals surface area (Å²) < 4.78 is 0. The monoisotopic (exact) mass is 286 g/mol. The highest BCUT2D eigenvalue weighted by Gasteiger charge is 2.27. The van der Waals surface area contributed by atoms with Gasteiger partial charge in [-0.3, -0.25) is 4.90 Å². The largest absolute Gasteiger partial charge is 0.311 e. The molecule has 0 aromatic heterocycles. The Morgan fingerprint density at radius 1 is 1.10 bits per heavy atom. The summed E-state index contributed by atoms with van der Waals surface area (Å²) in [7, 11) is 0. The van der Waals surface area contributed by atoms with E-state index in [1.165, 1.54) is 57.2 Å². The van der Waals surface area contributed by atoms with Crippen molar-refractivity contribution in [1.29, 1.82) is 0 Å². The Labute approximate surface area is 129 Å². The molecule has 1 aromatic rings. The molecule has 0 radical (unpaired) electrons. The van der Waals surface area contributed by atoms with Gasteiger partial charge in [0.25, 0.3) is 0 Å². The quantitative estimate of drug-likeness (QED) is 0.820. The van der Waals surface area contributed by atoms with Gasteiger partial charge in [-0.05, 0) is 50.3 Å². The van der Waals surface area contributed by atoms with E-state index in [0.29, 0.717) is 0 Å². The van der Waals surface area contributed by atoms with Crippen LogP contribution in [0.15, 0.2) is 30.3 Å². The van der Waals surface area contributed by atoms with Gasteiger partial charge in [-0.2, -0.15) is 0 Å². The third-order valence-electron chi connectivity index (χ3n) is 5.12. The van der Waals surface area contributed by atoms with E-state index in [9.17, 15) is 0 Å². The lowest BCUT2D eigenvalue weighted by Gasteiger charge is -2.34. The molecule has 0 spiro atoms. The molecular weight excluding hydrogens is 256 g/mol. The Kier molecular flexibility index (Phi) is 5.32. The first-order valence-corrected chi connectivity index (χ1v) is 8.86. The Morgan fingerprint density at radius 2 is 1.81 bits per heavy atom. The molecule has 0 amide bonds. The van der Waals surface area contributed by atoms with E-state index in [1.54, 1.807) is 0 Å². The molecule has 1 saturated carbocycles. The van der Waals surface area contributed by atoms with Crippen LogP contribution in [0.1, 0.15) is 51.0 Å². The normalized spacial score (nSPS) is 22.3. The standard InChI is InChI=1S/C19H30N2/c1-2-18(14-16-8-9-16)20-19-10-12-21(13-11-19)15-17-6-4-3-5-7-17/h3-7,16,18-20H,2,8-15H2,1H3. The van der Waals surface area contributed by atoms with Gasteiger partial charge in [-0.25, -0.2) is 0 Å². The van der Waals surface area contributed by atoms with Crippen LogP contribution in [0.5, 0.6) is 0 Å². The van der Waals surface area contributed by atoms with Gasteiger partial charge in [-0.15, -0.1) is 0 Å². The lowest BCUT2D eigenvalue weighted by atomic mass is 10.0. The predicted molar refractivity (Wildman–Crippen MR) is 89.3 cm³/mol. The van der Waals surface area contributed by atoms with Crippen molar-refractivity contribution in [2.24, 2.45) is 5.92 Å². The van der Waals surface area contributed by atoms with Gasteiger partial charge in [0.1, 0.15) is 0 Å². The predicted octanol–water partition coefficient (Wildman–Crippen LogP) is 3.82. The maximum absolute atomic E-state index is 3.93. The molecule has 1 atom stereocenters. The molecule has 1 unspecified atom stereocenters. The molecule has 1 N–H and O–H groups in total. The van der Waals surface area contributed by atoms with E-state index in [0.717, 1.165) is 24.5 Å². The Hall–Kier alpha value is -0.860. The summed E-state index contributed by atoms with van der Waals surface area (Å²) in [6.45, 7) is 5.94. The molecule has 3 rings (SSSR count). The topological polar surface area (TPSA) is 15.3 Å². The lowest BCUT2D eigenvalue weighted by Crippen LogP contribution is -2.46. The first-order chi connectivity index (χ1) is 10.3. The molecule has 1 saturated heterocycles. The van der Waals surface area contributed by atoms with Crippen LogP contribution in [0.25, 0.3) is 0 Å². The molecule has 1 heterocycles. The van der Waals surface area contributed by atoms with Crippen molar-refractivity contribution in [3.63, 3.8) is 0 Å². The SMILES string of the molecule is CCC(CC1CC1)NC1CCN(Cc2ccccc2)CC1. The van der Waals surface area contributed by atoms with Crippen molar-refractivity contribution in [3.05, 3.63) is 35.9 Å². The number of piperidine rings is 1. The van der Waals surface area contributed by atoms with E-state index in [-0.39, 0.29) is 0 Å². The van der Waals surface area contributed by atoms with Gasteiger partial charge in [0.15, 0.2) is 0 Å². The Bertz CT molecular complexity index is 405. The van der Waals surface area contributed by atoms with Crippen LogP contribution in [-0.4, -0.2) is 30.1 Å². The average molecular weight is 286 g/mol. The van der Waals surface area contributed by atoms with Gasteiger partial charge >= 0.3 is 0 Å². The fourth-order valence-corrected chi connectivity index (χ4v) is 3.54. The Morgan fingerprint density at radius 3 is 2.43 bits per heavy atom. The van der Waals surface area contributed by atoms with Crippen LogP contribution in [-0.2, 0) is 6.54 Å². The second-order valence-electron chi connectivity index (χ2n) is 6.99. The molecule has 116 valence electrons. The summed E-state index contributed by atoms with van der Waals surface area (Å²) >= 11 is 0. The van der Waals surface area contributed by atoms with E-state index in [2.05, 4.69) is 47.5 Å². The minimum atomic E-state index is 0.751. The van der Waals surface area contributed by atoms with Gasteiger partial charge in [-0.1, -0.05) is 50.1 Å². The van der Waals surface area contributed by atoms with Crippen LogP contribution < -0.4 is 5.32 Å². The van der Waals surface area contributed by atoms with Crippen molar-refractivity contribution >= 4 is 0 Å². The molecule has 2 heteroatoms. The van der Waals surface area contributed by atoms with Crippen molar-refractivity contribution in [2.45, 2.75) is 64.1 Å². The van der Waals surface area contributed by atoms with Crippen molar-refractivity contribution in [1.82, 2.24) is 10.2 Å². The third-order valence-corrected chi connectivity index (χ3v) is 5.12. The van der Waals surface area contributed by atoms with Crippen molar-refractivity contribution < 1.29 is 0 Å². The summed E-state index contributed by atoms with van der Waals surface area (Å²) in [5, 5.41) is 3.93. The van der Waals surface area contributed by atoms with Crippen LogP contribution in [0, 0.1) is 5.92 Å². The number of hydrogen-bond donors (Lipinski definition) is 1. The van der Waals surface area contributed by atoms with Gasteiger partial charge in [0.05, 0.1) is 0 Å². The number of rotatable bonds is 7. The fourth-order valence-electron chi connectivity index (χ4n) is 3.54. The van der Waals surface area contributed by atoms with E-state index < -0.39 is 0 Å². The first-order valence-electron chi connectivity index (χ1n) is 8.86. The second kappa shape index (κ2) is 7.42. The molecule has 21 heavy (non-hydrogen) atoms. The molecule has 2 nitrogen and oxygen atoms in total. The van der Waals surface area contributed by atoms with Crippen LogP contribution in [0.2, 0.25) is 0 Å². The van der Waals surface area contributed by atoms with Crippen LogP contribution in [0.3, 0.4) is 0 Å². The fraction of sp³-hybridized carbons (Fsp3) is 0.684. The van der Waals surface area contributed by atoms with Crippen LogP contribution in [0.4, 0.5) is 0 Å². The maximum Gasteiger partial charge on any atom is 0.0233 e. The highest BCUT2D eigenvalue weighted by molar-refractivity contribution is 5.14. The molecular formula is C19H30N2. The summed E-state index contributed by atoms with van der Waals surface area (Å²) in [5.41, 5.74) is 1.45. The zero-order valence-corrected chi connectivity index (χ0v) is 13.4. The highest BCUT2D eigenvalue weighted by atomic mass is 15.1. The molecule has 2 fully saturated rings. The van der Waals surface area contributed by atoms with Gasteiger partial charge < -0.3 is 5.32 Å². The number of nitrogens with zero attached hydrogens (tertiary/aromatic N) is 1.